The minimum absolute atomic E-state index is 0.288. The Labute approximate surface area is 130 Å². The molecule has 2 rings (SSSR count). The maximum atomic E-state index is 13.7. The summed E-state index contributed by atoms with van der Waals surface area (Å²) in [7, 11) is 0.996. The Balaban J connectivity index is 2.38. The van der Waals surface area contributed by atoms with E-state index in [1.54, 1.807) is 6.92 Å². The van der Waals surface area contributed by atoms with E-state index in [-0.39, 0.29) is 5.56 Å². The number of carbonyl (C=O) groups is 1. The van der Waals surface area contributed by atoms with Crippen LogP contribution in [-0.4, -0.2) is 33.1 Å². The lowest BCUT2D eigenvalue weighted by Gasteiger charge is -2.23. The third kappa shape index (κ3) is 3.66. The smallest absolute Gasteiger partial charge is 0.261 e. The second-order valence-electron chi connectivity index (χ2n) is 5.02. The Hall–Kier alpha value is -0.890. The van der Waals surface area contributed by atoms with Crippen molar-refractivity contribution in [3.05, 3.63) is 28.5 Å². The lowest BCUT2D eigenvalue weighted by Crippen LogP contribution is -2.46. The van der Waals surface area contributed by atoms with Crippen LogP contribution in [0.25, 0.3) is 0 Å². The maximum Gasteiger partial charge on any atom is 0.261 e. The van der Waals surface area contributed by atoms with Crippen LogP contribution in [0.5, 0.6) is 0 Å². The molecule has 1 aliphatic heterocycles. The zero-order valence-corrected chi connectivity index (χ0v) is 13.3. The van der Waals surface area contributed by atoms with Gasteiger partial charge in [0.15, 0.2) is 0 Å². The number of benzene rings is 1. The van der Waals surface area contributed by atoms with E-state index in [2.05, 4.69) is 5.32 Å². The van der Waals surface area contributed by atoms with Crippen molar-refractivity contribution in [2.75, 3.05) is 13.2 Å². The highest BCUT2D eigenvalue weighted by Crippen LogP contribution is 2.27. The molecule has 0 bridgehead atoms. The molecule has 0 radical (unpaired) electrons. The van der Waals surface area contributed by atoms with Crippen LogP contribution in [0.15, 0.2) is 17.0 Å². The lowest BCUT2D eigenvalue weighted by atomic mass is 10.0. The Morgan fingerprint density at radius 1 is 1.48 bits per heavy atom. The van der Waals surface area contributed by atoms with E-state index in [0.717, 1.165) is 6.07 Å². The molecule has 1 amide bonds. The molecule has 1 fully saturated rings. The van der Waals surface area contributed by atoms with Crippen molar-refractivity contribution in [2.24, 2.45) is 0 Å². The molecule has 21 heavy (non-hydrogen) atoms. The van der Waals surface area contributed by atoms with Gasteiger partial charge in [0.1, 0.15) is 5.82 Å². The van der Waals surface area contributed by atoms with Gasteiger partial charge >= 0.3 is 0 Å². The van der Waals surface area contributed by atoms with Gasteiger partial charge in [-0.15, -0.1) is 0 Å². The number of hydrogen-bond donors (Lipinski definition) is 1. The SMILES string of the molecule is CC1(NC(=O)c2cc(S(=O)(=O)Cl)cc(F)c2Cl)CCOC1. The zero-order valence-electron chi connectivity index (χ0n) is 11.0. The molecule has 1 heterocycles. The molecule has 9 heteroatoms. The number of carbonyl (C=O) groups excluding carboxylic acids is 1. The molecule has 1 atom stereocenters. The van der Waals surface area contributed by atoms with Crippen LogP contribution >= 0.6 is 22.3 Å². The van der Waals surface area contributed by atoms with Crippen LogP contribution in [-0.2, 0) is 13.8 Å². The van der Waals surface area contributed by atoms with Gasteiger partial charge in [-0.1, -0.05) is 11.6 Å². The van der Waals surface area contributed by atoms with Crippen molar-refractivity contribution >= 4 is 37.2 Å². The highest BCUT2D eigenvalue weighted by atomic mass is 35.7. The summed E-state index contributed by atoms with van der Waals surface area (Å²) in [4.78, 5) is 11.7. The van der Waals surface area contributed by atoms with E-state index >= 15 is 0 Å². The largest absolute Gasteiger partial charge is 0.379 e. The maximum absolute atomic E-state index is 13.7. The van der Waals surface area contributed by atoms with E-state index < -0.39 is 36.2 Å². The summed E-state index contributed by atoms with van der Waals surface area (Å²) in [5.74, 6) is -1.72. The summed E-state index contributed by atoms with van der Waals surface area (Å²) in [6, 6.07) is 1.62. The van der Waals surface area contributed by atoms with Crippen LogP contribution in [0.3, 0.4) is 0 Å². The standard InChI is InChI=1S/C12H12Cl2FNO4S/c1-12(2-3-20-6-12)16-11(17)8-4-7(21(14,18)19)5-9(15)10(8)13/h4-5H,2-3,6H2,1H3,(H,16,17). The van der Waals surface area contributed by atoms with Crippen LogP contribution in [0.2, 0.25) is 5.02 Å². The first-order valence-corrected chi connectivity index (χ1v) is 8.65. The summed E-state index contributed by atoms with van der Waals surface area (Å²) in [6.07, 6.45) is 0.590. The molecule has 1 N–H and O–H groups in total. The molecule has 1 aromatic rings. The molecule has 1 saturated heterocycles. The topological polar surface area (TPSA) is 72.5 Å². The summed E-state index contributed by atoms with van der Waals surface area (Å²) < 4.78 is 41.4. The number of hydrogen-bond acceptors (Lipinski definition) is 4. The number of amides is 1. The Bertz CT molecular complexity index is 687. The highest BCUT2D eigenvalue weighted by Gasteiger charge is 2.32. The molecule has 0 spiro atoms. The van der Waals surface area contributed by atoms with Crippen molar-refractivity contribution < 1.29 is 22.3 Å². The summed E-state index contributed by atoms with van der Waals surface area (Å²) in [5, 5.41) is 2.21. The van der Waals surface area contributed by atoms with Crippen molar-refractivity contribution in [3.63, 3.8) is 0 Å². The van der Waals surface area contributed by atoms with Crippen molar-refractivity contribution in [3.8, 4) is 0 Å². The molecule has 116 valence electrons. The van der Waals surface area contributed by atoms with Gasteiger partial charge in [0.25, 0.3) is 15.0 Å². The Morgan fingerprint density at radius 2 is 2.14 bits per heavy atom. The summed E-state index contributed by atoms with van der Waals surface area (Å²) in [6.45, 7) is 2.58. The minimum Gasteiger partial charge on any atom is -0.379 e. The molecule has 5 nitrogen and oxygen atoms in total. The molecular weight excluding hydrogens is 344 g/mol. The van der Waals surface area contributed by atoms with Gasteiger partial charge in [-0.2, -0.15) is 0 Å². The average Bonchev–Trinajstić information content (AvgIpc) is 2.77. The fourth-order valence-corrected chi connectivity index (χ4v) is 2.94. The molecule has 1 aromatic carbocycles. The molecule has 0 aromatic heterocycles. The van der Waals surface area contributed by atoms with Gasteiger partial charge in [-0.25, -0.2) is 12.8 Å². The van der Waals surface area contributed by atoms with Gasteiger partial charge in [0.2, 0.25) is 0 Å². The number of nitrogens with one attached hydrogen (secondary N) is 1. The zero-order chi connectivity index (χ0) is 15.8. The van der Waals surface area contributed by atoms with Crippen molar-refractivity contribution in [1.82, 2.24) is 5.32 Å². The number of rotatable bonds is 3. The third-order valence-electron chi connectivity index (χ3n) is 3.16. The predicted molar refractivity (Wildman–Crippen MR) is 75.8 cm³/mol. The van der Waals surface area contributed by atoms with Crippen molar-refractivity contribution in [2.45, 2.75) is 23.8 Å². The van der Waals surface area contributed by atoms with Crippen molar-refractivity contribution in [1.29, 1.82) is 0 Å². The van der Waals surface area contributed by atoms with Crippen LogP contribution < -0.4 is 5.32 Å². The van der Waals surface area contributed by atoms with E-state index in [1.807, 2.05) is 0 Å². The number of ether oxygens (including phenoxy) is 1. The first-order chi connectivity index (χ1) is 9.62. The second kappa shape index (κ2) is 5.72. The van der Waals surface area contributed by atoms with Crippen LogP contribution in [0, 0.1) is 5.82 Å². The first kappa shape index (κ1) is 16.5. The van der Waals surface area contributed by atoms with Gasteiger partial charge in [-0.3, -0.25) is 4.79 Å². The highest BCUT2D eigenvalue weighted by molar-refractivity contribution is 8.13. The van der Waals surface area contributed by atoms with E-state index in [9.17, 15) is 17.6 Å². The Morgan fingerprint density at radius 3 is 2.67 bits per heavy atom. The Kier molecular flexibility index (Phi) is 4.49. The summed E-state index contributed by atoms with van der Waals surface area (Å²) in [5.41, 5.74) is -0.892. The quantitative estimate of drug-likeness (QED) is 0.844. The number of halogens is 3. The molecule has 1 aliphatic rings. The monoisotopic (exact) mass is 355 g/mol. The average molecular weight is 356 g/mol. The second-order valence-corrected chi connectivity index (χ2v) is 7.97. The molecule has 1 unspecified atom stereocenters. The molecule has 0 aliphatic carbocycles. The first-order valence-electron chi connectivity index (χ1n) is 5.96. The van der Waals surface area contributed by atoms with Gasteiger partial charge in [0.05, 0.1) is 27.6 Å². The van der Waals surface area contributed by atoms with Crippen LogP contribution in [0.4, 0.5) is 4.39 Å². The predicted octanol–water partition coefficient (Wildman–Crippen LogP) is 2.32. The van der Waals surface area contributed by atoms with E-state index in [0.29, 0.717) is 25.7 Å². The fourth-order valence-electron chi connectivity index (χ4n) is 1.98. The summed E-state index contributed by atoms with van der Waals surface area (Å²) >= 11 is 5.74. The van der Waals surface area contributed by atoms with Gasteiger partial charge in [0, 0.05) is 17.3 Å². The lowest BCUT2D eigenvalue weighted by molar-refractivity contribution is 0.0889. The molecule has 0 saturated carbocycles. The van der Waals surface area contributed by atoms with E-state index in [4.69, 9.17) is 27.0 Å². The van der Waals surface area contributed by atoms with E-state index in [1.165, 1.54) is 0 Å². The molecular formula is C12H12Cl2FNO4S. The van der Waals surface area contributed by atoms with Gasteiger partial charge < -0.3 is 10.1 Å². The van der Waals surface area contributed by atoms with Gasteiger partial charge in [-0.05, 0) is 25.5 Å². The fraction of sp³-hybridized carbons (Fsp3) is 0.417. The minimum atomic E-state index is -4.17. The normalized spacial score (nSPS) is 22.3. The van der Waals surface area contributed by atoms with Crippen LogP contribution in [0.1, 0.15) is 23.7 Å². The third-order valence-corrected chi connectivity index (χ3v) is 4.88.